The van der Waals surface area contributed by atoms with Gasteiger partial charge in [-0.05, 0) is 45.6 Å². The SMILES string of the molecule is Cc1csc(C(NC(=O)NCc2cc(C)oc2C)C2CC2)n1. The Morgan fingerprint density at radius 1 is 1.45 bits per heavy atom. The molecule has 2 amide bonds. The molecule has 22 heavy (non-hydrogen) atoms. The summed E-state index contributed by atoms with van der Waals surface area (Å²) in [5.41, 5.74) is 2.03. The average molecular weight is 319 g/mol. The van der Waals surface area contributed by atoms with Crippen molar-refractivity contribution in [1.29, 1.82) is 0 Å². The largest absolute Gasteiger partial charge is 0.466 e. The molecule has 1 aliphatic rings. The summed E-state index contributed by atoms with van der Waals surface area (Å²) in [6.45, 7) is 6.27. The van der Waals surface area contributed by atoms with E-state index in [1.165, 1.54) is 0 Å². The lowest BCUT2D eigenvalue weighted by atomic mass is 10.2. The Balaban J connectivity index is 1.59. The van der Waals surface area contributed by atoms with Crippen LogP contribution < -0.4 is 10.6 Å². The normalized spacial score (nSPS) is 15.6. The predicted octanol–water partition coefficient (Wildman–Crippen LogP) is 3.61. The van der Waals surface area contributed by atoms with E-state index in [1.54, 1.807) is 11.3 Å². The lowest BCUT2D eigenvalue weighted by Crippen LogP contribution is -2.38. The maximum absolute atomic E-state index is 12.2. The van der Waals surface area contributed by atoms with Gasteiger partial charge in [-0.25, -0.2) is 9.78 Å². The molecule has 3 rings (SSSR count). The summed E-state index contributed by atoms with van der Waals surface area (Å²) in [7, 11) is 0. The second-order valence-electron chi connectivity index (χ2n) is 5.91. The summed E-state index contributed by atoms with van der Waals surface area (Å²) in [4.78, 5) is 16.7. The Bertz CT molecular complexity index is 673. The average Bonchev–Trinajstić information content (AvgIpc) is 3.13. The molecule has 118 valence electrons. The highest BCUT2D eigenvalue weighted by Gasteiger charge is 2.35. The van der Waals surface area contributed by atoms with E-state index in [2.05, 4.69) is 15.6 Å². The van der Waals surface area contributed by atoms with E-state index in [-0.39, 0.29) is 12.1 Å². The molecule has 1 unspecified atom stereocenters. The Hall–Kier alpha value is -1.82. The van der Waals surface area contributed by atoms with Crippen molar-refractivity contribution in [3.63, 3.8) is 0 Å². The molecule has 0 spiro atoms. The molecular formula is C16H21N3O2S. The van der Waals surface area contributed by atoms with Gasteiger partial charge in [-0.2, -0.15) is 0 Å². The first-order chi connectivity index (χ1) is 10.5. The molecule has 0 aromatic carbocycles. The molecule has 5 nitrogen and oxygen atoms in total. The molecule has 2 aromatic rings. The molecule has 1 fully saturated rings. The van der Waals surface area contributed by atoms with Crippen LogP contribution in [0.5, 0.6) is 0 Å². The number of furan rings is 1. The summed E-state index contributed by atoms with van der Waals surface area (Å²) in [6.07, 6.45) is 2.31. The number of nitrogens with zero attached hydrogens (tertiary/aromatic N) is 1. The first-order valence-electron chi connectivity index (χ1n) is 7.55. The van der Waals surface area contributed by atoms with Gasteiger partial charge in [0.2, 0.25) is 0 Å². The molecule has 2 heterocycles. The zero-order valence-electron chi connectivity index (χ0n) is 13.1. The van der Waals surface area contributed by atoms with Crippen molar-refractivity contribution in [1.82, 2.24) is 15.6 Å². The quantitative estimate of drug-likeness (QED) is 0.884. The Kier molecular flexibility index (Phi) is 4.20. The molecule has 1 atom stereocenters. The molecule has 0 aliphatic heterocycles. The van der Waals surface area contributed by atoms with Gasteiger partial charge in [-0.15, -0.1) is 11.3 Å². The summed E-state index contributed by atoms with van der Waals surface area (Å²) in [5.74, 6) is 2.24. The standard InChI is InChI=1S/C16H21N3O2S/c1-9-8-22-15(18-9)14(12-4-5-12)19-16(20)17-7-13-6-10(2)21-11(13)3/h6,8,12,14H,4-5,7H2,1-3H3,(H2,17,19,20). The molecule has 1 saturated carbocycles. The minimum absolute atomic E-state index is 0.0332. The number of aromatic nitrogens is 1. The molecule has 2 N–H and O–H groups in total. The Morgan fingerprint density at radius 2 is 2.23 bits per heavy atom. The van der Waals surface area contributed by atoms with Crippen molar-refractivity contribution in [3.05, 3.63) is 39.2 Å². The number of aryl methyl sites for hydroxylation is 3. The number of carbonyl (C=O) groups is 1. The van der Waals surface area contributed by atoms with Crippen LogP contribution >= 0.6 is 11.3 Å². The van der Waals surface area contributed by atoms with Gasteiger partial charge in [0.1, 0.15) is 16.5 Å². The van der Waals surface area contributed by atoms with Gasteiger partial charge in [0, 0.05) is 23.2 Å². The molecule has 0 bridgehead atoms. The van der Waals surface area contributed by atoms with E-state index >= 15 is 0 Å². The third kappa shape index (κ3) is 3.50. The van der Waals surface area contributed by atoms with Gasteiger partial charge in [0.25, 0.3) is 0 Å². The van der Waals surface area contributed by atoms with E-state index in [1.807, 2.05) is 32.2 Å². The van der Waals surface area contributed by atoms with Crippen molar-refractivity contribution in [2.75, 3.05) is 0 Å². The van der Waals surface area contributed by atoms with Crippen LogP contribution in [0.15, 0.2) is 15.9 Å². The second-order valence-corrected chi connectivity index (χ2v) is 6.80. The van der Waals surface area contributed by atoms with Crippen LogP contribution in [-0.4, -0.2) is 11.0 Å². The van der Waals surface area contributed by atoms with E-state index in [9.17, 15) is 4.79 Å². The van der Waals surface area contributed by atoms with Gasteiger partial charge in [0.05, 0.1) is 6.04 Å². The zero-order valence-corrected chi connectivity index (χ0v) is 13.9. The van der Waals surface area contributed by atoms with Crippen LogP contribution in [0.1, 0.15) is 46.7 Å². The zero-order chi connectivity index (χ0) is 15.7. The fraction of sp³-hybridized carbons (Fsp3) is 0.500. The molecular weight excluding hydrogens is 298 g/mol. The van der Waals surface area contributed by atoms with Crippen molar-refractivity contribution in [3.8, 4) is 0 Å². The van der Waals surface area contributed by atoms with Crippen LogP contribution in [0.2, 0.25) is 0 Å². The van der Waals surface area contributed by atoms with Crippen LogP contribution in [0, 0.1) is 26.7 Å². The first kappa shape index (κ1) is 15.1. The van der Waals surface area contributed by atoms with Crippen molar-refractivity contribution < 1.29 is 9.21 Å². The van der Waals surface area contributed by atoms with Crippen LogP contribution in [0.3, 0.4) is 0 Å². The van der Waals surface area contributed by atoms with Gasteiger partial charge in [-0.1, -0.05) is 0 Å². The number of nitrogens with one attached hydrogen (secondary N) is 2. The molecule has 1 aliphatic carbocycles. The maximum Gasteiger partial charge on any atom is 0.315 e. The Morgan fingerprint density at radius 3 is 2.77 bits per heavy atom. The van der Waals surface area contributed by atoms with Crippen LogP contribution in [0.25, 0.3) is 0 Å². The van der Waals surface area contributed by atoms with Gasteiger partial charge in [0.15, 0.2) is 0 Å². The van der Waals surface area contributed by atoms with E-state index in [0.29, 0.717) is 12.5 Å². The minimum atomic E-state index is -0.150. The van der Waals surface area contributed by atoms with E-state index in [4.69, 9.17) is 4.42 Å². The number of amides is 2. The number of carbonyl (C=O) groups excluding carboxylic acids is 1. The third-order valence-corrected chi connectivity index (χ3v) is 4.91. The monoisotopic (exact) mass is 319 g/mol. The van der Waals surface area contributed by atoms with Crippen molar-refractivity contribution in [2.24, 2.45) is 5.92 Å². The lowest BCUT2D eigenvalue weighted by molar-refractivity contribution is 0.235. The summed E-state index contributed by atoms with van der Waals surface area (Å²) >= 11 is 1.62. The highest BCUT2D eigenvalue weighted by molar-refractivity contribution is 7.09. The summed E-state index contributed by atoms with van der Waals surface area (Å²) < 4.78 is 5.47. The molecule has 0 saturated heterocycles. The van der Waals surface area contributed by atoms with E-state index < -0.39 is 0 Å². The van der Waals surface area contributed by atoms with Crippen LogP contribution in [-0.2, 0) is 6.54 Å². The fourth-order valence-electron chi connectivity index (χ4n) is 2.55. The third-order valence-electron chi connectivity index (χ3n) is 3.87. The Labute approximate surface area is 134 Å². The summed E-state index contributed by atoms with van der Waals surface area (Å²) in [6, 6.07) is 1.84. The van der Waals surface area contributed by atoms with Crippen molar-refractivity contribution >= 4 is 17.4 Å². The van der Waals surface area contributed by atoms with E-state index in [0.717, 1.165) is 40.6 Å². The topological polar surface area (TPSA) is 67.2 Å². The van der Waals surface area contributed by atoms with Crippen molar-refractivity contribution in [2.45, 2.75) is 46.2 Å². The smallest absolute Gasteiger partial charge is 0.315 e. The highest BCUT2D eigenvalue weighted by Crippen LogP contribution is 2.41. The maximum atomic E-state index is 12.2. The predicted molar refractivity (Wildman–Crippen MR) is 85.9 cm³/mol. The molecule has 6 heteroatoms. The van der Waals surface area contributed by atoms with Crippen LogP contribution in [0.4, 0.5) is 4.79 Å². The number of hydrogen-bond acceptors (Lipinski definition) is 4. The molecule has 0 radical (unpaired) electrons. The summed E-state index contributed by atoms with van der Waals surface area (Å²) in [5, 5.41) is 9.02. The number of rotatable bonds is 5. The van der Waals surface area contributed by atoms with Gasteiger partial charge < -0.3 is 15.1 Å². The highest BCUT2D eigenvalue weighted by atomic mass is 32.1. The second kappa shape index (κ2) is 6.12. The number of hydrogen-bond donors (Lipinski definition) is 2. The number of urea groups is 1. The van der Waals surface area contributed by atoms with Gasteiger partial charge >= 0.3 is 6.03 Å². The number of thiazole rings is 1. The first-order valence-corrected chi connectivity index (χ1v) is 8.43. The lowest BCUT2D eigenvalue weighted by Gasteiger charge is -2.16. The molecule has 2 aromatic heterocycles. The minimum Gasteiger partial charge on any atom is -0.466 e. The van der Waals surface area contributed by atoms with Gasteiger partial charge in [-0.3, -0.25) is 0 Å². The fourth-order valence-corrected chi connectivity index (χ4v) is 3.49.